The van der Waals surface area contributed by atoms with Gasteiger partial charge in [-0.05, 0) is 26.2 Å². The number of rotatable bonds is 20. The molecule has 0 aliphatic heterocycles. The highest BCUT2D eigenvalue weighted by atomic mass is 32.2. The quantitative estimate of drug-likeness (QED) is 0.0841. The molecule has 0 aliphatic carbocycles. The summed E-state index contributed by atoms with van der Waals surface area (Å²) in [5, 5.41) is 5.43. The van der Waals surface area contributed by atoms with Gasteiger partial charge in [-0.2, -0.15) is 11.8 Å². The first-order valence-electron chi connectivity index (χ1n) is 12.1. The number of nitrogens with one attached hydrogen (secondary N) is 2. The molecule has 3 atom stereocenters. The van der Waals surface area contributed by atoms with Crippen LogP contribution in [-0.4, -0.2) is 91.3 Å². The van der Waals surface area contributed by atoms with Crippen molar-refractivity contribution in [2.24, 2.45) is 28.9 Å². The minimum atomic E-state index is -0.769. The van der Waals surface area contributed by atoms with Crippen LogP contribution in [0.4, 0.5) is 0 Å². The molecule has 0 aromatic rings. The van der Waals surface area contributed by atoms with Gasteiger partial charge in [0.25, 0.3) is 0 Å². The smallest absolute Gasteiger partial charge is 0.238 e. The molecule has 0 fully saturated rings. The summed E-state index contributed by atoms with van der Waals surface area (Å²) in [6.45, 7) is 5.10. The molecule has 0 aromatic carbocycles. The molecule has 0 rings (SSSR count). The predicted molar refractivity (Wildman–Crippen MR) is 141 cm³/mol. The number of carbonyl (C=O) groups excluding carboxylic acids is 4. The average molecular weight is 516 g/mol. The van der Waals surface area contributed by atoms with E-state index in [1.165, 1.54) is 6.92 Å². The fourth-order valence-corrected chi connectivity index (χ4v) is 4.06. The third-order valence-electron chi connectivity index (χ3n) is 5.12. The number of ketones is 1. The number of amides is 3. The second-order valence-electron chi connectivity index (χ2n) is 8.32. The highest BCUT2D eigenvalue weighted by molar-refractivity contribution is 7.99. The Morgan fingerprint density at radius 1 is 0.914 bits per heavy atom. The van der Waals surface area contributed by atoms with E-state index in [0.717, 1.165) is 12.2 Å². The van der Waals surface area contributed by atoms with E-state index in [1.54, 1.807) is 16.7 Å². The van der Waals surface area contributed by atoms with Crippen LogP contribution in [0, 0.1) is 5.92 Å². The lowest BCUT2D eigenvalue weighted by Gasteiger charge is -2.27. The third kappa shape index (κ3) is 15.6. The Balaban J connectivity index is 5.07. The Morgan fingerprint density at radius 2 is 1.43 bits per heavy atom. The molecule has 202 valence electrons. The number of hydrogen-bond donors (Lipinski definition) is 6. The van der Waals surface area contributed by atoms with Gasteiger partial charge in [0.2, 0.25) is 17.7 Å². The second kappa shape index (κ2) is 20.2. The van der Waals surface area contributed by atoms with E-state index < -0.39 is 18.0 Å². The number of carbonyl (C=O) groups is 4. The minimum Gasteiger partial charge on any atom is -0.355 e. The molecule has 0 spiro atoms. The van der Waals surface area contributed by atoms with Gasteiger partial charge in [0, 0.05) is 57.2 Å². The van der Waals surface area contributed by atoms with Crippen LogP contribution in [0.3, 0.4) is 0 Å². The summed E-state index contributed by atoms with van der Waals surface area (Å²) >= 11 is 1.61. The van der Waals surface area contributed by atoms with E-state index in [1.807, 2.05) is 0 Å². The fourth-order valence-electron chi connectivity index (χ4n) is 3.11. The van der Waals surface area contributed by atoms with E-state index >= 15 is 0 Å². The van der Waals surface area contributed by atoms with Crippen molar-refractivity contribution < 1.29 is 19.2 Å². The Hall–Kier alpha value is -1.99. The van der Waals surface area contributed by atoms with Gasteiger partial charge in [0.15, 0.2) is 0 Å². The summed E-state index contributed by atoms with van der Waals surface area (Å²) < 4.78 is 0. The first-order valence-corrected chi connectivity index (χ1v) is 13.3. The lowest BCUT2D eigenvalue weighted by molar-refractivity contribution is -0.137. The normalized spacial score (nSPS) is 13.8. The monoisotopic (exact) mass is 515 g/mol. The molecule has 11 nitrogen and oxygen atoms in total. The summed E-state index contributed by atoms with van der Waals surface area (Å²) in [6.07, 6.45) is 6.27. The molecule has 0 heterocycles. The highest BCUT2D eigenvalue weighted by Crippen LogP contribution is 2.17. The second-order valence-corrected chi connectivity index (χ2v) is 9.39. The van der Waals surface area contributed by atoms with Crippen LogP contribution in [0.2, 0.25) is 0 Å². The summed E-state index contributed by atoms with van der Waals surface area (Å²) in [7, 11) is 0. The topological polar surface area (TPSA) is 200 Å². The summed E-state index contributed by atoms with van der Waals surface area (Å²) in [6, 6.07) is -1.54. The van der Waals surface area contributed by atoms with Gasteiger partial charge in [0.1, 0.15) is 5.78 Å². The Morgan fingerprint density at radius 3 is 1.86 bits per heavy atom. The van der Waals surface area contributed by atoms with Crippen LogP contribution in [0.5, 0.6) is 0 Å². The molecule has 0 aliphatic rings. The van der Waals surface area contributed by atoms with Crippen molar-refractivity contribution in [3.05, 3.63) is 12.2 Å². The number of hydrogen-bond acceptors (Lipinski definition) is 9. The summed E-state index contributed by atoms with van der Waals surface area (Å²) in [4.78, 5) is 50.5. The van der Waals surface area contributed by atoms with E-state index in [2.05, 4.69) is 29.7 Å². The van der Waals surface area contributed by atoms with Crippen molar-refractivity contribution in [3.8, 4) is 0 Å². The lowest BCUT2D eigenvalue weighted by atomic mass is 10.0. The maximum atomic E-state index is 13.4. The Kier molecular flexibility index (Phi) is 19.1. The number of nitrogens with two attached hydrogens (primary N) is 4. The minimum absolute atomic E-state index is 0.0425. The van der Waals surface area contributed by atoms with E-state index in [9.17, 15) is 19.2 Å². The van der Waals surface area contributed by atoms with Gasteiger partial charge < -0.3 is 43.3 Å². The molecule has 0 bridgehead atoms. The Bertz CT molecular complexity index is 648. The predicted octanol–water partition coefficient (Wildman–Crippen LogP) is -1.31. The maximum Gasteiger partial charge on any atom is 0.238 e. The standard InChI is InChI=1S/C23H45N7O4S/c1-3-4-5-12-35-16-18(13-17(2)31)23(34)30(10-6-8-28-21(32)19(26)14-24)11-7-9-29-22(33)20(27)15-25/h4-5,18-20H,3,6-16,24-27H2,1-2H3,(H,28,32)(H,29,33)/b5-4-/t18-,19-,20+/m0/s1. The lowest BCUT2D eigenvalue weighted by Crippen LogP contribution is -2.47. The van der Waals surface area contributed by atoms with Crippen LogP contribution >= 0.6 is 11.8 Å². The largest absolute Gasteiger partial charge is 0.355 e. The van der Waals surface area contributed by atoms with Crippen molar-refractivity contribution in [2.45, 2.75) is 51.6 Å². The zero-order valence-corrected chi connectivity index (χ0v) is 22.0. The van der Waals surface area contributed by atoms with Crippen LogP contribution in [0.25, 0.3) is 0 Å². The Labute approximate surface area is 213 Å². The number of nitrogens with zero attached hydrogens (tertiary/aromatic N) is 1. The van der Waals surface area contributed by atoms with E-state index in [0.29, 0.717) is 44.8 Å². The first kappa shape index (κ1) is 33.0. The molecular formula is C23H45N7O4S. The van der Waals surface area contributed by atoms with Gasteiger partial charge >= 0.3 is 0 Å². The number of allylic oxidation sites excluding steroid dienone is 1. The summed E-state index contributed by atoms with van der Waals surface area (Å²) in [5.41, 5.74) is 22.0. The van der Waals surface area contributed by atoms with Gasteiger partial charge in [0.05, 0.1) is 18.0 Å². The fraction of sp³-hybridized carbons (Fsp3) is 0.739. The van der Waals surface area contributed by atoms with Crippen LogP contribution in [0.1, 0.15) is 39.5 Å². The van der Waals surface area contributed by atoms with Crippen LogP contribution in [-0.2, 0) is 19.2 Å². The maximum absolute atomic E-state index is 13.4. The molecule has 35 heavy (non-hydrogen) atoms. The first-order chi connectivity index (χ1) is 16.7. The molecule has 0 unspecified atom stereocenters. The van der Waals surface area contributed by atoms with Crippen molar-refractivity contribution in [1.29, 1.82) is 0 Å². The SMILES string of the molecule is CC/C=C\CSC[C@H](CC(C)=O)C(=O)N(CCCNC(=O)[C@H](N)CN)CCCNC(=O)[C@@H](N)CN. The molecule has 0 saturated carbocycles. The molecule has 3 amide bonds. The van der Waals surface area contributed by atoms with Gasteiger partial charge in [-0.25, -0.2) is 0 Å². The molecular weight excluding hydrogens is 470 g/mol. The van der Waals surface area contributed by atoms with Crippen molar-refractivity contribution in [1.82, 2.24) is 15.5 Å². The molecule has 0 radical (unpaired) electrons. The van der Waals surface area contributed by atoms with Gasteiger partial charge in [-0.3, -0.25) is 14.4 Å². The van der Waals surface area contributed by atoms with Crippen molar-refractivity contribution >= 4 is 35.3 Å². The highest BCUT2D eigenvalue weighted by Gasteiger charge is 2.25. The van der Waals surface area contributed by atoms with Crippen molar-refractivity contribution in [3.63, 3.8) is 0 Å². The van der Waals surface area contributed by atoms with E-state index in [4.69, 9.17) is 22.9 Å². The molecule has 0 aromatic heterocycles. The number of Topliss-reactive ketones (excluding diaryl/α,β-unsaturated/α-hetero) is 1. The molecule has 12 heteroatoms. The molecule has 10 N–H and O–H groups in total. The van der Waals surface area contributed by atoms with Crippen LogP contribution in [0.15, 0.2) is 12.2 Å². The summed E-state index contributed by atoms with van der Waals surface area (Å²) in [5.74, 6) is 0.0451. The zero-order chi connectivity index (χ0) is 26.6. The zero-order valence-electron chi connectivity index (χ0n) is 21.2. The van der Waals surface area contributed by atoms with E-state index in [-0.39, 0.29) is 43.0 Å². The van der Waals surface area contributed by atoms with Crippen molar-refractivity contribution in [2.75, 3.05) is 50.8 Å². The number of thioether (sulfide) groups is 1. The van der Waals surface area contributed by atoms with Gasteiger partial charge in [-0.1, -0.05) is 19.1 Å². The van der Waals surface area contributed by atoms with Crippen LogP contribution < -0.4 is 33.6 Å². The average Bonchev–Trinajstić information content (AvgIpc) is 2.84. The molecule has 0 saturated heterocycles. The third-order valence-corrected chi connectivity index (χ3v) is 6.19. The van der Waals surface area contributed by atoms with Gasteiger partial charge in [-0.15, -0.1) is 0 Å².